The van der Waals surface area contributed by atoms with E-state index in [1.807, 2.05) is 65.6 Å². The number of carbonyl (C=O) groups excluding carboxylic acids is 3. The molecule has 0 radical (unpaired) electrons. The molecule has 0 aliphatic carbocycles. The molecular formula is C34H41N5O4. The molecule has 0 saturated carbocycles. The summed E-state index contributed by atoms with van der Waals surface area (Å²) in [5.41, 5.74) is 3.15. The van der Waals surface area contributed by atoms with Gasteiger partial charge in [0.05, 0.1) is 20.2 Å². The maximum Gasteiger partial charge on any atom is 0.334 e. The predicted molar refractivity (Wildman–Crippen MR) is 165 cm³/mol. The second kappa shape index (κ2) is 13.7. The van der Waals surface area contributed by atoms with Gasteiger partial charge in [-0.1, -0.05) is 92.6 Å². The van der Waals surface area contributed by atoms with Crippen LogP contribution in [0.4, 0.5) is 4.79 Å². The Morgan fingerprint density at radius 1 is 0.953 bits per heavy atom. The lowest BCUT2D eigenvalue weighted by atomic mass is 9.90. The molecule has 2 fully saturated rings. The van der Waals surface area contributed by atoms with Crippen molar-refractivity contribution in [3.05, 3.63) is 102 Å². The normalized spacial score (nSPS) is 19.0. The van der Waals surface area contributed by atoms with Crippen LogP contribution in [0.3, 0.4) is 0 Å². The highest BCUT2D eigenvalue weighted by Gasteiger charge is 2.50. The van der Waals surface area contributed by atoms with Gasteiger partial charge in [0.25, 0.3) is 0 Å². The lowest BCUT2D eigenvalue weighted by Gasteiger charge is -2.54. The molecule has 2 aliphatic rings. The lowest BCUT2D eigenvalue weighted by Crippen LogP contribution is -2.76. The Bertz CT molecular complexity index is 1350. The van der Waals surface area contributed by atoms with Crippen molar-refractivity contribution in [2.45, 2.75) is 50.9 Å². The SMILES string of the molecule is CCCC[C@H]1C(=O)N(CC(c2ccccc2)c2ccccc2)C[C@H]2N1C(=O)CN(C)N2C(=O)NCc1ccc(OC)cc1. The van der Waals surface area contributed by atoms with Gasteiger partial charge in [0.2, 0.25) is 11.8 Å². The van der Waals surface area contributed by atoms with Gasteiger partial charge in [-0.25, -0.2) is 14.8 Å². The van der Waals surface area contributed by atoms with Gasteiger partial charge in [-0.2, -0.15) is 0 Å². The molecule has 2 atom stereocenters. The number of hydrazine groups is 1. The third-order valence-corrected chi connectivity index (χ3v) is 8.39. The van der Waals surface area contributed by atoms with E-state index in [1.165, 1.54) is 0 Å². The zero-order valence-corrected chi connectivity index (χ0v) is 25.2. The first kappa shape index (κ1) is 30.1. The Morgan fingerprint density at radius 3 is 2.16 bits per heavy atom. The largest absolute Gasteiger partial charge is 0.497 e. The third kappa shape index (κ3) is 6.67. The summed E-state index contributed by atoms with van der Waals surface area (Å²) >= 11 is 0. The van der Waals surface area contributed by atoms with E-state index in [9.17, 15) is 14.4 Å². The second-order valence-corrected chi connectivity index (χ2v) is 11.2. The Hall–Kier alpha value is -4.37. The monoisotopic (exact) mass is 583 g/mol. The summed E-state index contributed by atoms with van der Waals surface area (Å²) in [4.78, 5) is 44.9. The van der Waals surface area contributed by atoms with Crippen molar-refractivity contribution in [3.8, 4) is 5.75 Å². The number of hydrogen-bond donors (Lipinski definition) is 1. The topological polar surface area (TPSA) is 85.4 Å². The fraction of sp³-hybridized carbons (Fsp3) is 0.382. The van der Waals surface area contributed by atoms with Gasteiger partial charge in [-0.15, -0.1) is 0 Å². The van der Waals surface area contributed by atoms with Crippen molar-refractivity contribution in [1.82, 2.24) is 25.1 Å². The first-order valence-electron chi connectivity index (χ1n) is 15.0. The van der Waals surface area contributed by atoms with Crippen molar-refractivity contribution in [2.75, 3.05) is 33.8 Å². The fourth-order valence-corrected chi connectivity index (χ4v) is 6.14. The highest BCUT2D eigenvalue weighted by Crippen LogP contribution is 2.32. The molecule has 4 amide bonds. The van der Waals surface area contributed by atoms with Crippen molar-refractivity contribution in [2.24, 2.45) is 0 Å². The lowest BCUT2D eigenvalue weighted by molar-refractivity contribution is -0.187. The standard InChI is InChI=1S/C34H41N5O4/c1-4-5-16-30-33(41)37(22-29(26-12-8-6-9-13-26)27-14-10-7-11-15-27)23-31-38(30)32(40)24-36(2)39(31)34(42)35-21-25-17-19-28(43-3)20-18-25/h6-15,17-20,29-31H,4-5,16,21-24H2,1-3H3,(H,35,42)/t30-,31-/m0/s1. The maximum absolute atomic E-state index is 14.1. The maximum atomic E-state index is 14.1. The van der Waals surface area contributed by atoms with Crippen LogP contribution in [0.15, 0.2) is 84.9 Å². The Labute approximate surface area is 254 Å². The van der Waals surface area contributed by atoms with E-state index < -0.39 is 12.2 Å². The first-order valence-corrected chi connectivity index (χ1v) is 15.0. The van der Waals surface area contributed by atoms with E-state index in [2.05, 4.69) is 36.5 Å². The number of ether oxygens (including phenoxy) is 1. The number of nitrogens with zero attached hydrogens (tertiary/aromatic N) is 4. The number of benzene rings is 3. The second-order valence-electron chi connectivity index (χ2n) is 11.2. The summed E-state index contributed by atoms with van der Waals surface area (Å²) in [5.74, 6) is 0.495. The average Bonchev–Trinajstić information content (AvgIpc) is 3.03. The molecule has 1 N–H and O–H groups in total. The fourth-order valence-electron chi connectivity index (χ4n) is 6.14. The van der Waals surface area contributed by atoms with E-state index in [1.54, 1.807) is 29.1 Å². The van der Waals surface area contributed by atoms with Crippen LogP contribution in [0.25, 0.3) is 0 Å². The molecule has 226 valence electrons. The Balaban J connectivity index is 1.43. The van der Waals surface area contributed by atoms with Crippen molar-refractivity contribution in [3.63, 3.8) is 0 Å². The molecule has 2 aliphatic heterocycles. The molecule has 3 aromatic rings. The summed E-state index contributed by atoms with van der Waals surface area (Å²) < 4.78 is 5.24. The number of fused-ring (bicyclic) bond motifs is 1. The van der Waals surface area contributed by atoms with Gasteiger partial charge in [0.1, 0.15) is 18.0 Å². The minimum absolute atomic E-state index is 0.0268. The summed E-state index contributed by atoms with van der Waals surface area (Å²) in [6, 6.07) is 27.0. The van der Waals surface area contributed by atoms with Crippen LogP contribution in [0.2, 0.25) is 0 Å². The Kier molecular flexibility index (Phi) is 9.61. The van der Waals surface area contributed by atoms with E-state index in [-0.39, 0.29) is 36.9 Å². The number of carbonyl (C=O) groups is 3. The van der Waals surface area contributed by atoms with Gasteiger partial charge in [0, 0.05) is 26.1 Å². The van der Waals surface area contributed by atoms with Gasteiger partial charge in [0.15, 0.2) is 0 Å². The van der Waals surface area contributed by atoms with Crippen molar-refractivity contribution < 1.29 is 19.1 Å². The predicted octanol–water partition coefficient (Wildman–Crippen LogP) is 4.46. The molecule has 9 heteroatoms. The number of urea groups is 1. The van der Waals surface area contributed by atoms with Crippen molar-refractivity contribution >= 4 is 17.8 Å². The zero-order valence-electron chi connectivity index (χ0n) is 25.2. The molecule has 3 aromatic carbocycles. The molecule has 2 heterocycles. The van der Waals surface area contributed by atoms with Gasteiger partial charge in [-0.3, -0.25) is 9.59 Å². The number of hydrogen-bond acceptors (Lipinski definition) is 5. The number of piperazine rings is 1. The molecule has 43 heavy (non-hydrogen) atoms. The summed E-state index contributed by atoms with van der Waals surface area (Å²) in [5, 5.41) is 6.31. The van der Waals surface area contributed by atoms with Crippen LogP contribution in [-0.2, 0) is 16.1 Å². The summed E-state index contributed by atoms with van der Waals surface area (Å²) in [6.45, 7) is 3.09. The van der Waals surface area contributed by atoms with E-state index in [0.717, 1.165) is 35.3 Å². The van der Waals surface area contributed by atoms with E-state index in [4.69, 9.17) is 4.74 Å². The number of nitrogens with one attached hydrogen (secondary N) is 1. The number of methoxy groups -OCH3 is 1. The van der Waals surface area contributed by atoms with Crippen molar-refractivity contribution in [1.29, 1.82) is 0 Å². The molecule has 2 saturated heterocycles. The van der Waals surface area contributed by atoms with Crippen LogP contribution in [-0.4, -0.2) is 83.7 Å². The molecule has 0 bridgehead atoms. The number of unbranched alkanes of at least 4 members (excludes halogenated alkanes) is 1. The zero-order chi connectivity index (χ0) is 30.3. The number of likely N-dealkylation sites (N-methyl/N-ethyl adjacent to an activating group) is 1. The van der Waals surface area contributed by atoms with Crippen LogP contribution in [0.1, 0.15) is 48.8 Å². The minimum atomic E-state index is -0.621. The molecular weight excluding hydrogens is 542 g/mol. The molecule has 9 nitrogen and oxygen atoms in total. The third-order valence-electron chi connectivity index (χ3n) is 8.39. The van der Waals surface area contributed by atoms with Crippen LogP contribution in [0, 0.1) is 0 Å². The average molecular weight is 584 g/mol. The quantitative estimate of drug-likeness (QED) is 0.381. The number of amides is 4. The first-order chi connectivity index (χ1) is 20.9. The number of rotatable bonds is 10. The van der Waals surface area contributed by atoms with E-state index in [0.29, 0.717) is 19.5 Å². The summed E-state index contributed by atoms with van der Waals surface area (Å²) in [7, 11) is 3.37. The van der Waals surface area contributed by atoms with Crippen LogP contribution < -0.4 is 10.1 Å². The minimum Gasteiger partial charge on any atom is -0.497 e. The highest BCUT2D eigenvalue weighted by atomic mass is 16.5. The van der Waals surface area contributed by atoms with Gasteiger partial charge in [-0.05, 0) is 35.2 Å². The van der Waals surface area contributed by atoms with Gasteiger partial charge >= 0.3 is 6.03 Å². The molecule has 0 unspecified atom stereocenters. The molecule has 5 rings (SSSR count). The van der Waals surface area contributed by atoms with Crippen LogP contribution >= 0.6 is 0 Å². The van der Waals surface area contributed by atoms with E-state index >= 15 is 0 Å². The summed E-state index contributed by atoms with van der Waals surface area (Å²) in [6.07, 6.45) is 1.65. The van der Waals surface area contributed by atoms with Crippen LogP contribution in [0.5, 0.6) is 5.75 Å². The highest BCUT2D eigenvalue weighted by molar-refractivity contribution is 5.91. The van der Waals surface area contributed by atoms with Gasteiger partial charge < -0.3 is 19.9 Å². The Morgan fingerprint density at radius 2 is 1.58 bits per heavy atom. The molecule has 0 aromatic heterocycles. The molecule has 0 spiro atoms. The smallest absolute Gasteiger partial charge is 0.334 e.